The molecule has 7 heteroatoms. The Morgan fingerprint density at radius 3 is 2.78 bits per heavy atom. The van der Waals surface area contributed by atoms with Crippen LogP contribution in [-0.4, -0.2) is 68.1 Å². The van der Waals surface area contributed by atoms with Crippen molar-refractivity contribution in [3.8, 4) is 0 Å². The van der Waals surface area contributed by atoms with Crippen molar-refractivity contribution in [3.05, 3.63) is 0 Å². The fourth-order valence-corrected chi connectivity index (χ4v) is 3.31. The molecular formula is C11H22N2O4S. The van der Waals surface area contributed by atoms with E-state index in [4.69, 9.17) is 5.11 Å². The summed E-state index contributed by atoms with van der Waals surface area (Å²) in [5.41, 5.74) is 0. The number of amides is 1. The van der Waals surface area contributed by atoms with Gasteiger partial charge in [-0.25, -0.2) is 8.42 Å². The Balaban J connectivity index is 2.39. The van der Waals surface area contributed by atoms with E-state index in [1.165, 1.54) is 4.90 Å². The number of nitrogens with zero attached hydrogens (tertiary/aromatic N) is 1. The molecule has 0 bridgehead atoms. The third kappa shape index (κ3) is 5.32. The number of carbonyl (C=O) groups is 1. The second-order valence-electron chi connectivity index (χ2n) is 4.92. The molecule has 1 heterocycles. The molecule has 0 radical (unpaired) electrons. The van der Waals surface area contributed by atoms with Crippen LogP contribution in [0.1, 0.15) is 19.8 Å². The quantitative estimate of drug-likeness (QED) is 0.673. The number of rotatable bonds is 5. The van der Waals surface area contributed by atoms with Crippen molar-refractivity contribution >= 4 is 15.7 Å². The molecule has 6 nitrogen and oxygen atoms in total. The lowest BCUT2D eigenvalue weighted by atomic mass is 10.2. The van der Waals surface area contributed by atoms with Gasteiger partial charge in [0, 0.05) is 32.6 Å². The average Bonchev–Trinajstić information content (AvgIpc) is 2.24. The molecule has 1 aliphatic rings. The summed E-state index contributed by atoms with van der Waals surface area (Å²) in [4.78, 5) is 13.4. The monoisotopic (exact) mass is 278 g/mol. The maximum atomic E-state index is 11.8. The number of sulfone groups is 1. The molecule has 18 heavy (non-hydrogen) atoms. The van der Waals surface area contributed by atoms with Gasteiger partial charge in [0.25, 0.3) is 0 Å². The second kappa shape index (κ2) is 6.49. The molecule has 1 rings (SSSR count). The molecule has 0 aromatic heterocycles. The van der Waals surface area contributed by atoms with E-state index < -0.39 is 15.9 Å². The largest absolute Gasteiger partial charge is 0.393 e. The first-order valence-electron chi connectivity index (χ1n) is 6.16. The lowest BCUT2D eigenvalue weighted by Crippen LogP contribution is -2.47. The highest BCUT2D eigenvalue weighted by Gasteiger charge is 2.26. The van der Waals surface area contributed by atoms with E-state index in [0.717, 1.165) is 0 Å². The fraction of sp³-hybridized carbons (Fsp3) is 0.909. The molecule has 2 unspecified atom stereocenters. The molecule has 0 aliphatic carbocycles. The maximum Gasteiger partial charge on any atom is 0.223 e. The van der Waals surface area contributed by atoms with Crippen molar-refractivity contribution in [2.75, 3.05) is 31.6 Å². The van der Waals surface area contributed by atoms with Gasteiger partial charge >= 0.3 is 0 Å². The van der Waals surface area contributed by atoms with Gasteiger partial charge < -0.3 is 15.3 Å². The molecule has 2 N–H and O–H groups in total. The molecule has 0 spiro atoms. The number of hydrogen-bond donors (Lipinski definition) is 2. The Morgan fingerprint density at radius 1 is 1.56 bits per heavy atom. The Hall–Kier alpha value is -0.660. The molecule has 106 valence electrons. The predicted octanol–water partition coefficient (Wildman–Crippen LogP) is -1.01. The summed E-state index contributed by atoms with van der Waals surface area (Å²) in [6.45, 7) is 2.57. The van der Waals surface area contributed by atoms with E-state index in [1.54, 1.807) is 14.0 Å². The van der Waals surface area contributed by atoms with Crippen molar-refractivity contribution < 1.29 is 18.3 Å². The van der Waals surface area contributed by atoms with Gasteiger partial charge in [0.1, 0.15) is 0 Å². The fourth-order valence-electron chi connectivity index (χ4n) is 1.87. The first-order valence-corrected chi connectivity index (χ1v) is 7.98. The summed E-state index contributed by atoms with van der Waals surface area (Å²) < 4.78 is 22.9. The SMILES string of the molecule is CC(O)CCN(C)C(=O)CC1CS(=O)(=O)CCN1. The van der Waals surface area contributed by atoms with E-state index in [0.29, 0.717) is 19.5 Å². The number of aliphatic hydroxyl groups excluding tert-OH is 1. The van der Waals surface area contributed by atoms with E-state index in [9.17, 15) is 13.2 Å². The lowest BCUT2D eigenvalue weighted by Gasteiger charge is -2.25. The predicted molar refractivity (Wildman–Crippen MR) is 69.0 cm³/mol. The van der Waals surface area contributed by atoms with Crippen LogP contribution in [0.4, 0.5) is 0 Å². The highest BCUT2D eigenvalue weighted by molar-refractivity contribution is 7.91. The van der Waals surface area contributed by atoms with Gasteiger partial charge in [-0.05, 0) is 13.3 Å². The van der Waals surface area contributed by atoms with Crippen molar-refractivity contribution in [2.24, 2.45) is 0 Å². The summed E-state index contributed by atoms with van der Waals surface area (Å²) in [5.74, 6) is 0.0867. The highest BCUT2D eigenvalue weighted by atomic mass is 32.2. The Labute approximate surface area is 108 Å². The van der Waals surface area contributed by atoms with Gasteiger partial charge in [0.15, 0.2) is 9.84 Å². The van der Waals surface area contributed by atoms with E-state index in [2.05, 4.69) is 5.32 Å². The smallest absolute Gasteiger partial charge is 0.223 e. The average molecular weight is 278 g/mol. The van der Waals surface area contributed by atoms with Gasteiger partial charge in [-0.1, -0.05) is 0 Å². The van der Waals surface area contributed by atoms with Gasteiger partial charge in [0.2, 0.25) is 5.91 Å². The Morgan fingerprint density at radius 2 is 2.22 bits per heavy atom. The minimum atomic E-state index is -3.00. The van der Waals surface area contributed by atoms with Crippen molar-refractivity contribution in [2.45, 2.75) is 31.9 Å². The summed E-state index contributed by atoms with van der Waals surface area (Å²) in [5, 5.41) is 12.2. The molecule has 1 saturated heterocycles. The van der Waals surface area contributed by atoms with Gasteiger partial charge in [-0.3, -0.25) is 4.79 Å². The molecule has 1 fully saturated rings. The molecule has 0 aromatic rings. The van der Waals surface area contributed by atoms with Crippen LogP contribution in [0, 0.1) is 0 Å². The molecule has 2 atom stereocenters. The lowest BCUT2D eigenvalue weighted by molar-refractivity contribution is -0.130. The van der Waals surface area contributed by atoms with E-state index in [1.807, 2.05) is 0 Å². The van der Waals surface area contributed by atoms with Crippen LogP contribution in [0.25, 0.3) is 0 Å². The van der Waals surface area contributed by atoms with Crippen LogP contribution in [0.15, 0.2) is 0 Å². The zero-order chi connectivity index (χ0) is 13.8. The number of carbonyl (C=O) groups excluding carboxylic acids is 1. The van der Waals surface area contributed by atoms with Crippen LogP contribution in [0.5, 0.6) is 0 Å². The van der Waals surface area contributed by atoms with Gasteiger partial charge in [-0.2, -0.15) is 0 Å². The maximum absolute atomic E-state index is 11.8. The van der Waals surface area contributed by atoms with Crippen LogP contribution in [-0.2, 0) is 14.6 Å². The van der Waals surface area contributed by atoms with E-state index in [-0.39, 0.29) is 29.9 Å². The summed E-state index contributed by atoms with van der Waals surface area (Å²) in [6.07, 6.45) is 0.280. The third-order valence-corrected chi connectivity index (χ3v) is 4.77. The summed E-state index contributed by atoms with van der Waals surface area (Å²) in [6, 6.07) is -0.287. The van der Waals surface area contributed by atoms with Crippen molar-refractivity contribution in [1.29, 1.82) is 0 Å². The van der Waals surface area contributed by atoms with Crippen molar-refractivity contribution in [1.82, 2.24) is 10.2 Å². The Bertz CT molecular complexity index is 381. The zero-order valence-electron chi connectivity index (χ0n) is 10.9. The first kappa shape index (κ1) is 15.4. The van der Waals surface area contributed by atoms with E-state index >= 15 is 0 Å². The van der Waals surface area contributed by atoms with Gasteiger partial charge in [0.05, 0.1) is 17.6 Å². The Kier molecular flexibility index (Phi) is 5.55. The molecule has 1 aliphatic heterocycles. The minimum Gasteiger partial charge on any atom is -0.393 e. The number of hydrogen-bond acceptors (Lipinski definition) is 5. The van der Waals surface area contributed by atoms with Crippen LogP contribution >= 0.6 is 0 Å². The number of aliphatic hydroxyl groups is 1. The van der Waals surface area contributed by atoms with Crippen molar-refractivity contribution in [3.63, 3.8) is 0 Å². The van der Waals surface area contributed by atoms with Crippen LogP contribution < -0.4 is 5.32 Å². The topological polar surface area (TPSA) is 86.7 Å². The summed E-state index contributed by atoms with van der Waals surface area (Å²) in [7, 11) is -1.33. The summed E-state index contributed by atoms with van der Waals surface area (Å²) >= 11 is 0. The number of nitrogens with one attached hydrogen (secondary N) is 1. The third-order valence-electron chi connectivity index (χ3n) is 3.03. The molecule has 0 saturated carbocycles. The highest BCUT2D eigenvalue weighted by Crippen LogP contribution is 2.07. The second-order valence-corrected chi connectivity index (χ2v) is 7.15. The minimum absolute atomic E-state index is 0.0307. The molecule has 0 aromatic carbocycles. The normalized spacial score (nSPS) is 24.5. The zero-order valence-corrected chi connectivity index (χ0v) is 11.7. The standard InChI is InChI=1S/C11H22N2O4S/c1-9(14)3-5-13(2)11(15)7-10-8-18(16,17)6-4-12-10/h9-10,12,14H,3-8H2,1-2H3. The van der Waals surface area contributed by atoms with Gasteiger partial charge in [-0.15, -0.1) is 0 Å². The first-order chi connectivity index (χ1) is 8.30. The van der Waals surface area contributed by atoms with Crippen LogP contribution in [0.3, 0.4) is 0 Å². The van der Waals surface area contributed by atoms with Crippen LogP contribution in [0.2, 0.25) is 0 Å². The molecule has 1 amide bonds. The molecular weight excluding hydrogens is 256 g/mol.